The third-order valence-electron chi connectivity index (χ3n) is 2.70. The quantitative estimate of drug-likeness (QED) is 0.849. The first kappa shape index (κ1) is 15.3. The van der Waals surface area contributed by atoms with E-state index in [9.17, 15) is 4.79 Å². The Bertz CT molecular complexity index is 612. The van der Waals surface area contributed by atoms with E-state index >= 15 is 0 Å². The minimum Gasteiger partial charge on any atom is -0.491 e. The van der Waals surface area contributed by atoms with Crippen molar-refractivity contribution in [3.05, 3.63) is 53.3 Å². The van der Waals surface area contributed by atoms with Gasteiger partial charge in [-0.25, -0.2) is 4.98 Å². The highest BCUT2D eigenvalue weighted by atomic mass is 35.5. The fraction of sp³-hybridized carbons (Fsp3) is 0.250. The van der Waals surface area contributed by atoms with Crippen LogP contribution in [0.15, 0.2) is 42.6 Å². The van der Waals surface area contributed by atoms with Crippen LogP contribution in [0.5, 0.6) is 5.75 Å². The van der Waals surface area contributed by atoms with Crippen molar-refractivity contribution in [3.63, 3.8) is 0 Å². The maximum absolute atomic E-state index is 12.2. The molecule has 0 aliphatic carbocycles. The standard InChI is InChI=1S/C16H17ClN2O2/c1-11(2)10-21-14-6-4-3-5-13(14)19-16(20)12-7-8-15(17)18-9-12/h3-9,11H,10H2,1-2H3,(H,19,20). The molecule has 2 rings (SSSR count). The van der Waals surface area contributed by atoms with Crippen LogP contribution in [0.25, 0.3) is 0 Å². The van der Waals surface area contributed by atoms with E-state index in [0.717, 1.165) is 0 Å². The number of halogens is 1. The fourth-order valence-electron chi connectivity index (χ4n) is 1.66. The number of amides is 1. The molecule has 2 aromatic rings. The summed E-state index contributed by atoms with van der Waals surface area (Å²) in [5.74, 6) is 0.815. The Hall–Kier alpha value is -2.07. The number of pyridine rings is 1. The van der Waals surface area contributed by atoms with E-state index in [1.807, 2.05) is 18.2 Å². The molecule has 1 heterocycles. The SMILES string of the molecule is CC(C)COc1ccccc1NC(=O)c1ccc(Cl)nc1. The number of rotatable bonds is 5. The molecule has 110 valence electrons. The predicted molar refractivity (Wildman–Crippen MR) is 84.0 cm³/mol. The Balaban J connectivity index is 2.11. The lowest BCUT2D eigenvalue weighted by Crippen LogP contribution is -2.14. The maximum Gasteiger partial charge on any atom is 0.257 e. The Morgan fingerprint density at radius 1 is 1.29 bits per heavy atom. The van der Waals surface area contributed by atoms with Crippen molar-refractivity contribution in [3.8, 4) is 5.75 Å². The molecule has 1 amide bonds. The summed E-state index contributed by atoms with van der Waals surface area (Å²) in [6, 6.07) is 10.6. The number of carbonyl (C=O) groups is 1. The van der Waals surface area contributed by atoms with E-state index < -0.39 is 0 Å². The fourth-order valence-corrected chi connectivity index (χ4v) is 1.77. The first-order chi connectivity index (χ1) is 10.1. The van der Waals surface area contributed by atoms with E-state index in [0.29, 0.717) is 34.7 Å². The summed E-state index contributed by atoms with van der Waals surface area (Å²) < 4.78 is 5.70. The van der Waals surface area contributed by atoms with Crippen molar-refractivity contribution in [2.45, 2.75) is 13.8 Å². The number of nitrogens with one attached hydrogen (secondary N) is 1. The van der Waals surface area contributed by atoms with Gasteiger partial charge in [-0.15, -0.1) is 0 Å². The minimum atomic E-state index is -0.250. The Morgan fingerprint density at radius 3 is 2.71 bits per heavy atom. The number of ether oxygens (including phenoxy) is 1. The average molecular weight is 305 g/mol. The summed E-state index contributed by atoms with van der Waals surface area (Å²) >= 11 is 5.71. The summed E-state index contributed by atoms with van der Waals surface area (Å²) in [4.78, 5) is 16.1. The van der Waals surface area contributed by atoms with Gasteiger partial charge in [0.15, 0.2) is 0 Å². The van der Waals surface area contributed by atoms with E-state index in [1.165, 1.54) is 6.20 Å². The first-order valence-corrected chi connectivity index (χ1v) is 7.09. The average Bonchev–Trinajstić information content (AvgIpc) is 2.47. The molecule has 0 bridgehead atoms. The largest absolute Gasteiger partial charge is 0.491 e. The molecule has 1 aromatic heterocycles. The number of hydrogen-bond acceptors (Lipinski definition) is 3. The number of aromatic nitrogens is 1. The van der Waals surface area contributed by atoms with Crippen LogP contribution in [-0.2, 0) is 0 Å². The van der Waals surface area contributed by atoms with Crippen LogP contribution < -0.4 is 10.1 Å². The van der Waals surface area contributed by atoms with Crippen LogP contribution in [0.3, 0.4) is 0 Å². The Morgan fingerprint density at radius 2 is 2.05 bits per heavy atom. The molecule has 0 saturated heterocycles. The zero-order valence-corrected chi connectivity index (χ0v) is 12.7. The third-order valence-corrected chi connectivity index (χ3v) is 2.92. The Kier molecular flexibility index (Phi) is 5.17. The number of hydrogen-bond donors (Lipinski definition) is 1. The second kappa shape index (κ2) is 7.09. The van der Waals surface area contributed by atoms with Crippen molar-refractivity contribution in [1.29, 1.82) is 0 Å². The molecular formula is C16H17ClN2O2. The number of carbonyl (C=O) groups excluding carboxylic acids is 1. The molecule has 0 spiro atoms. The normalized spacial score (nSPS) is 10.5. The number of para-hydroxylation sites is 2. The summed E-state index contributed by atoms with van der Waals surface area (Å²) in [5, 5.41) is 3.18. The summed E-state index contributed by atoms with van der Waals surface area (Å²) in [5.41, 5.74) is 1.08. The lowest BCUT2D eigenvalue weighted by atomic mass is 10.2. The van der Waals surface area contributed by atoms with Gasteiger partial charge in [-0.2, -0.15) is 0 Å². The molecule has 21 heavy (non-hydrogen) atoms. The van der Waals surface area contributed by atoms with Crippen LogP contribution in [0.1, 0.15) is 24.2 Å². The van der Waals surface area contributed by atoms with Crippen LogP contribution in [0, 0.1) is 5.92 Å². The van der Waals surface area contributed by atoms with Gasteiger partial charge in [0.1, 0.15) is 10.9 Å². The van der Waals surface area contributed by atoms with Gasteiger partial charge in [0.05, 0.1) is 17.9 Å². The number of anilines is 1. The van der Waals surface area contributed by atoms with Crippen LogP contribution in [-0.4, -0.2) is 17.5 Å². The number of benzene rings is 1. The van der Waals surface area contributed by atoms with Crippen molar-refractivity contribution >= 4 is 23.2 Å². The zero-order valence-electron chi connectivity index (χ0n) is 12.0. The van der Waals surface area contributed by atoms with E-state index in [4.69, 9.17) is 16.3 Å². The molecule has 0 saturated carbocycles. The van der Waals surface area contributed by atoms with Gasteiger partial charge >= 0.3 is 0 Å². The number of nitrogens with zero attached hydrogens (tertiary/aromatic N) is 1. The highest BCUT2D eigenvalue weighted by Gasteiger charge is 2.10. The van der Waals surface area contributed by atoms with Crippen molar-refractivity contribution in [2.75, 3.05) is 11.9 Å². The highest BCUT2D eigenvalue weighted by molar-refractivity contribution is 6.29. The summed E-state index contributed by atoms with van der Waals surface area (Å²) in [7, 11) is 0. The summed E-state index contributed by atoms with van der Waals surface area (Å²) in [6.07, 6.45) is 1.44. The molecule has 4 nitrogen and oxygen atoms in total. The van der Waals surface area contributed by atoms with Gasteiger partial charge in [0.25, 0.3) is 5.91 Å². The minimum absolute atomic E-state index is 0.250. The van der Waals surface area contributed by atoms with E-state index in [1.54, 1.807) is 18.2 Å². The van der Waals surface area contributed by atoms with Crippen LogP contribution >= 0.6 is 11.6 Å². The van der Waals surface area contributed by atoms with E-state index in [-0.39, 0.29) is 5.91 Å². The maximum atomic E-state index is 12.2. The third kappa shape index (κ3) is 4.46. The molecule has 1 N–H and O–H groups in total. The highest BCUT2D eigenvalue weighted by Crippen LogP contribution is 2.24. The topological polar surface area (TPSA) is 51.2 Å². The lowest BCUT2D eigenvalue weighted by molar-refractivity contribution is 0.102. The summed E-state index contributed by atoms with van der Waals surface area (Å²) in [6.45, 7) is 4.73. The van der Waals surface area contributed by atoms with Gasteiger partial charge in [0, 0.05) is 6.20 Å². The first-order valence-electron chi connectivity index (χ1n) is 6.71. The molecule has 0 atom stereocenters. The molecule has 0 aliphatic rings. The Labute approximate surface area is 129 Å². The molecular weight excluding hydrogens is 288 g/mol. The van der Waals surface area contributed by atoms with Crippen LogP contribution in [0.4, 0.5) is 5.69 Å². The van der Waals surface area contributed by atoms with Gasteiger partial charge in [-0.1, -0.05) is 37.6 Å². The second-order valence-electron chi connectivity index (χ2n) is 5.02. The van der Waals surface area contributed by atoms with Crippen molar-refractivity contribution in [1.82, 2.24) is 4.98 Å². The molecule has 0 radical (unpaired) electrons. The van der Waals surface area contributed by atoms with Crippen molar-refractivity contribution in [2.24, 2.45) is 5.92 Å². The van der Waals surface area contributed by atoms with Crippen LogP contribution in [0.2, 0.25) is 5.15 Å². The van der Waals surface area contributed by atoms with Gasteiger partial charge in [-0.05, 0) is 30.2 Å². The van der Waals surface area contributed by atoms with Gasteiger partial charge in [0.2, 0.25) is 0 Å². The molecule has 0 fully saturated rings. The van der Waals surface area contributed by atoms with Gasteiger partial charge in [-0.3, -0.25) is 4.79 Å². The molecule has 0 unspecified atom stereocenters. The lowest BCUT2D eigenvalue weighted by Gasteiger charge is -2.13. The monoisotopic (exact) mass is 304 g/mol. The molecule has 0 aliphatic heterocycles. The molecule has 5 heteroatoms. The predicted octanol–water partition coefficient (Wildman–Crippen LogP) is 4.02. The van der Waals surface area contributed by atoms with Gasteiger partial charge < -0.3 is 10.1 Å². The smallest absolute Gasteiger partial charge is 0.257 e. The van der Waals surface area contributed by atoms with Crippen molar-refractivity contribution < 1.29 is 9.53 Å². The van der Waals surface area contributed by atoms with E-state index in [2.05, 4.69) is 24.1 Å². The second-order valence-corrected chi connectivity index (χ2v) is 5.41. The zero-order chi connectivity index (χ0) is 15.2. The molecule has 1 aromatic carbocycles.